The van der Waals surface area contributed by atoms with Crippen LogP contribution in [-0.4, -0.2) is 45.1 Å². The van der Waals surface area contributed by atoms with Crippen LogP contribution in [0.4, 0.5) is 5.69 Å². The Morgan fingerprint density at radius 3 is 2.66 bits per heavy atom. The molecular formula is C20H20ClN5O2S. The first-order chi connectivity index (χ1) is 13.8. The number of aromatic amines is 1. The van der Waals surface area contributed by atoms with Gasteiger partial charge in [-0.1, -0.05) is 47.5 Å². The highest BCUT2D eigenvalue weighted by Gasteiger charge is 2.17. The van der Waals surface area contributed by atoms with Gasteiger partial charge in [-0.2, -0.15) is 5.10 Å². The van der Waals surface area contributed by atoms with Crippen molar-refractivity contribution >= 4 is 41.3 Å². The number of nitrogens with one attached hydrogen (secondary N) is 2. The van der Waals surface area contributed by atoms with Gasteiger partial charge in [0, 0.05) is 23.3 Å². The number of carbonyl (C=O) groups excluding carboxylic acids is 2. The Balaban J connectivity index is 1.67. The highest BCUT2D eigenvalue weighted by atomic mass is 35.5. The van der Waals surface area contributed by atoms with Crippen molar-refractivity contribution < 1.29 is 9.59 Å². The average Bonchev–Trinajstić information content (AvgIpc) is 3.02. The lowest BCUT2D eigenvalue weighted by molar-refractivity contribution is -0.133. The van der Waals surface area contributed by atoms with Crippen LogP contribution < -0.4 is 5.32 Å². The Bertz CT molecular complexity index is 1090. The number of H-pyrrole nitrogens is 1. The van der Waals surface area contributed by atoms with Gasteiger partial charge in [-0.25, -0.2) is 0 Å². The van der Waals surface area contributed by atoms with Gasteiger partial charge in [-0.15, -0.1) is 0 Å². The summed E-state index contributed by atoms with van der Waals surface area (Å²) in [4.78, 5) is 26.2. The molecule has 0 radical (unpaired) electrons. The van der Waals surface area contributed by atoms with E-state index in [1.165, 1.54) is 4.90 Å². The Labute approximate surface area is 178 Å². The molecule has 0 fully saturated rings. The minimum absolute atomic E-state index is 0.0283. The number of hydrogen-bond acceptors (Lipinski definition) is 4. The molecule has 9 heteroatoms. The maximum atomic E-state index is 12.7. The third kappa shape index (κ3) is 5.30. The number of rotatable bonds is 6. The van der Waals surface area contributed by atoms with Gasteiger partial charge in [0.2, 0.25) is 11.8 Å². The van der Waals surface area contributed by atoms with E-state index in [2.05, 4.69) is 15.5 Å². The van der Waals surface area contributed by atoms with Crippen molar-refractivity contribution in [1.29, 1.82) is 0 Å². The molecule has 2 amide bonds. The van der Waals surface area contributed by atoms with E-state index in [9.17, 15) is 9.59 Å². The van der Waals surface area contributed by atoms with Crippen LogP contribution in [-0.2, 0) is 16.1 Å². The number of nitrogens with zero attached hydrogens (tertiary/aromatic N) is 3. The maximum Gasteiger partial charge on any atom is 0.243 e. The lowest BCUT2D eigenvalue weighted by Gasteiger charge is -2.17. The van der Waals surface area contributed by atoms with E-state index in [4.69, 9.17) is 23.8 Å². The zero-order valence-electron chi connectivity index (χ0n) is 16.0. The van der Waals surface area contributed by atoms with Gasteiger partial charge in [0.25, 0.3) is 0 Å². The lowest BCUT2D eigenvalue weighted by atomic mass is 10.1. The van der Waals surface area contributed by atoms with Crippen LogP contribution in [0.15, 0.2) is 48.5 Å². The van der Waals surface area contributed by atoms with Crippen LogP contribution in [0.1, 0.15) is 5.56 Å². The van der Waals surface area contributed by atoms with Crippen molar-refractivity contribution in [3.05, 3.63) is 63.9 Å². The molecule has 29 heavy (non-hydrogen) atoms. The fourth-order valence-corrected chi connectivity index (χ4v) is 3.10. The Morgan fingerprint density at radius 2 is 1.97 bits per heavy atom. The Hall–Kier alpha value is -2.97. The van der Waals surface area contributed by atoms with E-state index in [1.807, 2.05) is 31.2 Å². The highest BCUT2D eigenvalue weighted by molar-refractivity contribution is 7.71. The first-order valence-corrected chi connectivity index (χ1v) is 9.64. The summed E-state index contributed by atoms with van der Waals surface area (Å²) < 4.78 is 1.96. The van der Waals surface area contributed by atoms with E-state index in [-0.39, 0.29) is 24.9 Å². The van der Waals surface area contributed by atoms with Crippen molar-refractivity contribution in [3.8, 4) is 11.4 Å². The van der Waals surface area contributed by atoms with Crippen molar-refractivity contribution in [2.24, 2.45) is 0 Å². The van der Waals surface area contributed by atoms with Crippen molar-refractivity contribution in [1.82, 2.24) is 19.7 Å². The molecule has 0 aliphatic heterocycles. The average molecular weight is 430 g/mol. The summed E-state index contributed by atoms with van der Waals surface area (Å²) in [5.74, 6) is -0.0186. The molecule has 7 nitrogen and oxygen atoms in total. The predicted molar refractivity (Wildman–Crippen MR) is 115 cm³/mol. The number of carbonyl (C=O) groups is 2. The van der Waals surface area contributed by atoms with E-state index in [0.29, 0.717) is 21.3 Å². The summed E-state index contributed by atoms with van der Waals surface area (Å²) in [6.07, 6.45) is 0. The maximum absolute atomic E-state index is 12.7. The molecule has 0 saturated heterocycles. The van der Waals surface area contributed by atoms with E-state index < -0.39 is 0 Å². The minimum atomic E-state index is -0.322. The molecule has 0 unspecified atom stereocenters. The van der Waals surface area contributed by atoms with Crippen LogP contribution in [0.5, 0.6) is 0 Å². The first-order valence-electron chi connectivity index (χ1n) is 8.85. The summed E-state index contributed by atoms with van der Waals surface area (Å²) in [6.45, 7) is 1.86. The van der Waals surface area contributed by atoms with Crippen LogP contribution in [0, 0.1) is 11.7 Å². The van der Waals surface area contributed by atoms with Crippen LogP contribution in [0.25, 0.3) is 11.4 Å². The Kier molecular flexibility index (Phi) is 6.46. The van der Waals surface area contributed by atoms with Crippen molar-refractivity contribution in [3.63, 3.8) is 0 Å². The predicted octanol–water partition coefficient (Wildman–Crippen LogP) is 3.67. The summed E-state index contributed by atoms with van der Waals surface area (Å²) >= 11 is 11.2. The second-order valence-corrected chi connectivity index (χ2v) is 7.44. The fraction of sp³-hybridized carbons (Fsp3) is 0.200. The molecule has 0 aliphatic carbocycles. The fourth-order valence-electron chi connectivity index (χ4n) is 2.71. The largest absolute Gasteiger partial charge is 0.335 e. The summed E-state index contributed by atoms with van der Waals surface area (Å²) in [6, 6.07) is 14.6. The number of aryl methyl sites for hydroxylation is 1. The van der Waals surface area contributed by atoms with E-state index >= 15 is 0 Å². The molecule has 150 valence electrons. The molecule has 1 aromatic heterocycles. The second-order valence-electron chi connectivity index (χ2n) is 6.61. The molecule has 2 N–H and O–H groups in total. The minimum Gasteiger partial charge on any atom is -0.335 e. The summed E-state index contributed by atoms with van der Waals surface area (Å²) in [7, 11) is 1.56. The van der Waals surface area contributed by atoms with Crippen molar-refractivity contribution in [2.45, 2.75) is 13.5 Å². The highest BCUT2D eigenvalue weighted by Crippen LogP contribution is 2.18. The molecule has 0 saturated carbocycles. The van der Waals surface area contributed by atoms with Gasteiger partial charge >= 0.3 is 0 Å². The van der Waals surface area contributed by atoms with Gasteiger partial charge in [-0.05, 0) is 37.3 Å². The third-order valence-electron chi connectivity index (χ3n) is 4.28. The van der Waals surface area contributed by atoms with E-state index in [1.54, 1.807) is 35.9 Å². The molecule has 0 aliphatic rings. The zero-order chi connectivity index (χ0) is 21.0. The number of anilines is 1. The Morgan fingerprint density at radius 1 is 1.24 bits per heavy atom. The van der Waals surface area contributed by atoms with Gasteiger partial charge in [0.15, 0.2) is 10.6 Å². The molecule has 1 heterocycles. The number of hydrogen-bond donors (Lipinski definition) is 2. The zero-order valence-corrected chi connectivity index (χ0v) is 17.5. The summed E-state index contributed by atoms with van der Waals surface area (Å²) in [5, 5.41) is 10.2. The van der Waals surface area contributed by atoms with Gasteiger partial charge < -0.3 is 10.2 Å². The second kappa shape index (κ2) is 9.02. The molecular weight excluding hydrogens is 410 g/mol. The molecule has 3 aromatic rings. The number of benzene rings is 2. The molecule has 3 rings (SSSR count). The van der Waals surface area contributed by atoms with E-state index in [0.717, 1.165) is 11.1 Å². The monoisotopic (exact) mass is 429 g/mol. The van der Waals surface area contributed by atoms with Gasteiger partial charge in [0.05, 0.1) is 6.54 Å². The molecule has 0 spiro atoms. The molecule has 0 bridgehead atoms. The lowest BCUT2D eigenvalue weighted by Crippen LogP contribution is -2.37. The van der Waals surface area contributed by atoms with Crippen molar-refractivity contribution in [2.75, 3.05) is 18.9 Å². The van der Waals surface area contributed by atoms with Gasteiger partial charge in [-0.3, -0.25) is 19.3 Å². The van der Waals surface area contributed by atoms with Crippen LogP contribution in [0.3, 0.4) is 0 Å². The molecule has 0 atom stereocenters. The number of halogens is 1. The normalized spacial score (nSPS) is 10.6. The smallest absolute Gasteiger partial charge is 0.243 e. The number of aromatic nitrogens is 3. The van der Waals surface area contributed by atoms with Gasteiger partial charge in [0.1, 0.15) is 6.54 Å². The molecule has 2 aromatic carbocycles. The topological polar surface area (TPSA) is 83.0 Å². The van der Waals surface area contributed by atoms with Crippen LogP contribution >= 0.6 is 23.8 Å². The summed E-state index contributed by atoms with van der Waals surface area (Å²) in [5.41, 5.74) is 2.54. The number of likely N-dealkylation sites (N-methyl/N-ethyl adjacent to an activating group) is 1. The number of amides is 2. The standard InChI is InChI=1S/C20H20ClN5O2S/c1-13-6-8-14(9-7-13)19-23-24-20(29)26(19)12-18(28)25(2)11-17(27)22-16-5-3-4-15(21)10-16/h3-10H,11-12H2,1-2H3,(H,22,27)(H,24,29). The quantitative estimate of drug-likeness (QED) is 0.586. The first kappa shape index (κ1) is 20.8. The SMILES string of the molecule is Cc1ccc(-c2n[nH]c(=S)n2CC(=O)N(C)CC(=O)Nc2cccc(Cl)c2)cc1. The van der Waals surface area contributed by atoms with Crippen LogP contribution in [0.2, 0.25) is 5.02 Å². The third-order valence-corrected chi connectivity index (χ3v) is 4.82.